The second kappa shape index (κ2) is 36.1. The topological polar surface area (TPSA) is 0 Å². The lowest BCUT2D eigenvalue weighted by molar-refractivity contribution is 0.561. The van der Waals surface area contributed by atoms with Gasteiger partial charge in [0.2, 0.25) is 0 Å². The Balaban J connectivity index is 0.000000527. The van der Waals surface area contributed by atoms with Crippen LogP contribution >= 0.6 is 0 Å². The lowest BCUT2D eigenvalue weighted by Gasteiger charge is -2.28. The number of rotatable bonds is 7. The minimum atomic E-state index is 0.241. The summed E-state index contributed by atoms with van der Waals surface area (Å²) in [6.45, 7) is 80.8. The van der Waals surface area contributed by atoms with E-state index >= 15 is 0 Å². The van der Waals surface area contributed by atoms with E-state index < -0.39 is 0 Å². The zero-order chi connectivity index (χ0) is 69.8. The minimum absolute atomic E-state index is 0.241. The Kier molecular flexibility index (Phi) is 33.1. The van der Waals surface area contributed by atoms with Crippen LogP contribution in [0.5, 0.6) is 0 Å². The highest BCUT2D eigenvalue weighted by atomic mass is 14.3. The fraction of sp³-hybridized carbons (Fsp3) is 0.533. The summed E-state index contributed by atoms with van der Waals surface area (Å²) in [7, 11) is 0. The van der Waals surface area contributed by atoms with Crippen molar-refractivity contribution in [1.29, 1.82) is 0 Å². The lowest BCUT2D eigenvalue weighted by Crippen LogP contribution is -2.19. The first-order valence-corrected chi connectivity index (χ1v) is 34.7. The summed E-state index contributed by atoms with van der Waals surface area (Å²) in [6, 6.07) is 51.2. The molecule has 0 saturated carbocycles. The number of benzene rings is 7. The third kappa shape index (κ3) is 28.6. The van der Waals surface area contributed by atoms with Gasteiger partial charge in [0.25, 0.3) is 0 Å². The van der Waals surface area contributed by atoms with Crippen molar-refractivity contribution in [1.82, 2.24) is 0 Å². The van der Waals surface area contributed by atoms with Crippen LogP contribution in [0.25, 0.3) is 0 Å². The van der Waals surface area contributed by atoms with Gasteiger partial charge < -0.3 is 0 Å². The molecule has 0 bridgehead atoms. The van der Waals surface area contributed by atoms with Gasteiger partial charge in [0.1, 0.15) is 0 Å². The van der Waals surface area contributed by atoms with Gasteiger partial charge in [0.05, 0.1) is 0 Å². The van der Waals surface area contributed by atoms with Crippen LogP contribution in [0.15, 0.2) is 140 Å². The normalized spacial score (nSPS) is 11.8. The molecule has 498 valence electrons. The molecule has 0 saturated heterocycles. The van der Waals surface area contributed by atoms with Gasteiger partial charge in [-0.1, -0.05) is 357 Å². The first kappa shape index (κ1) is 82.6. The molecule has 0 nitrogen and oxygen atoms in total. The summed E-state index contributed by atoms with van der Waals surface area (Å²) in [6.07, 6.45) is 0. The third-order valence-electron chi connectivity index (χ3n) is 17.2. The van der Waals surface area contributed by atoms with Gasteiger partial charge >= 0.3 is 0 Å². The fourth-order valence-electron chi connectivity index (χ4n) is 11.3. The van der Waals surface area contributed by atoms with Crippen LogP contribution in [-0.4, -0.2) is 0 Å². The van der Waals surface area contributed by atoms with Gasteiger partial charge in [-0.3, -0.25) is 0 Å². The number of hydrogen-bond donors (Lipinski definition) is 0. The van der Waals surface area contributed by atoms with Gasteiger partial charge in [0, 0.05) is 0 Å². The van der Waals surface area contributed by atoms with Crippen LogP contribution in [0.3, 0.4) is 0 Å². The maximum Gasteiger partial charge on any atom is -0.0129 e. The van der Waals surface area contributed by atoms with E-state index in [2.05, 4.69) is 389 Å². The van der Waals surface area contributed by atoms with Crippen molar-refractivity contribution in [3.63, 3.8) is 0 Å². The summed E-state index contributed by atoms with van der Waals surface area (Å²) in [5, 5.41) is 0. The van der Waals surface area contributed by atoms with E-state index in [0.29, 0.717) is 41.4 Å². The van der Waals surface area contributed by atoms with Crippen LogP contribution in [0, 0.1) is 48.5 Å². The fourth-order valence-corrected chi connectivity index (χ4v) is 11.3. The summed E-state index contributed by atoms with van der Waals surface area (Å²) in [5.41, 5.74) is 28.7. The summed E-state index contributed by atoms with van der Waals surface area (Å²) in [5.74, 6) is 4.41. The molecule has 0 fully saturated rings. The highest BCUT2D eigenvalue weighted by Crippen LogP contribution is 2.35. The molecule has 0 radical (unpaired) electrons. The average molecular weight is 1220 g/mol. The molecular formula is C90H138. The van der Waals surface area contributed by atoms with Crippen molar-refractivity contribution in [3.05, 3.63) is 245 Å². The molecule has 0 aromatic heterocycles. The Bertz CT molecular complexity index is 3100. The van der Waals surface area contributed by atoms with E-state index in [0.717, 1.165) is 0 Å². The van der Waals surface area contributed by atoms with Crippen LogP contribution in [0.1, 0.15) is 348 Å². The highest BCUT2D eigenvalue weighted by Gasteiger charge is 2.23. The maximum atomic E-state index is 2.40. The van der Waals surface area contributed by atoms with Gasteiger partial charge in [-0.2, -0.15) is 0 Å². The molecule has 90 heavy (non-hydrogen) atoms. The van der Waals surface area contributed by atoms with Crippen LogP contribution in [-0.2, 0) is 27.1 Å². The summed E-state index contributed by atoms with van der Waals surface area (Å²) in [4.78, 5) is 0. The van der Waals surface area contributed by atoms with Crippen LogP contribution < -0.4 is 0 Å². The molecule has 0 aliphatic carbocycles. The molecule has 0 heteroatoms. The molecule has 0 aliphatic rings. The predicted octanol–water partition coefficient (Wildman–Crippen LogP) is 28.3. The van der Waals surface area contributed by atoms with E-state index in [9.17, 15) is 0 Å². The van der Waals surface area contributed by atoms with Crippen molar-refractivity contribution >= 4 is 0 Å². The molecule has 0 amide bonds. The van der Waals surface area contributed by atoms with Crippen molar-refractivity contribution in [2.24, 2.45) is 0 Å². The molecule has 0 atom stereocenters. The molecule has 7 rings (SSSR count). The molecular weight excluding hydrogens is 1080 g/mol. The predicted molar refractivity (Wildman–Crippen MR) is 410 cm³/mol. The third-order valence-corrected chi connectivity index (χ3v) is 17.2. The van der Waals surface area contributed by atoms with Crippen LogP contribution in [0.4, 0.5) is 0 Å². The van der Waals surface area contributed by atoms with Gasteiger partial charge in [-0.25, -0.2) is 0 Å². The Morgan fingerprint density at radius 1 is 0.222 bits per heavy atom. The molecule has 7 aromatic rings. The Morgan fingerprint density at radius 3 is 0.922 bits per heavy atom. The second-order valence-electron chi connectivity index (χ2n) is 33.5. The minimum Gasteiger partial charge on any atom is -0.0620 e. The largest absolute Gasteiger partial charge is 0.0620 e. The first-order chi connectivity index (χ1) is 41.0. The lowest BCUT2D eigenvalue weighted by atomic mass is 9.77. The molecule has 0 aliphatic heterocycles. The molecule has 0 heterocycles. The van der Waals surface area contributed by atoms with E-state index in [1.165, 1.54) is 106 Å². The quantitative estimate of drug-likeness (QED) is 0.149. The average Bonchev–Trinajstić information content (AvgIpc) is 0.864. The SMILES string of the molecule is Cc1c(C(C)(C)C)cccc1C(C)(C)C.Cc1c(C(C)C)cc(C(C)C)cc1C(C)C.Cc1cc(C(C)C)cc(C(C)C)c1.Cc1ccc(C(C)(C)C)cc1.Cc1ccc(C(C)C)cc1C(C)C.Cc1cccc(C(C)(C)C)c1.Cc1ccccc1C(C)(C)C. The number of aryl methyl sites for hydroxylation is 5. The van der Waals surface area contributed by atoms with Gasteiger partial charge in [0.15, 0.2) is 0 Å². The van der Waals surface area contributed by atoms with E-state index in [1.807, 2.05) is 0 Å². The first-order valence-electron chi connectivity index (χ1n) is 34.7. The Hall–Kier alpha value is -5.46. The molecule has 0 unspecified atom stereocenters. The van der Waals surface area contributed by atoms with Crippen molar-refractivity contribution in [2.45, 2.75) is 318 Å². The van der Waals surface area contributed by atoms with E-state index in [-0.39, 0.29) is 27.1 Å². The summed E-state index contributed by atoms with van der Waals surface area (Å²) >= 11 is 0. The number of hydrogen-bond acceptors (Lipinski definition) is 0. The highest BCUT2D eigenvalue weighted by molar-refractivity contribution is 5.44. The van der Waals surface area contributed by atoms with Crippen molar-refractivity contribution in [2.75, 3.05) is 0 Å². The van der Waals surface area contributed by atoms with E-state index in [4.69, 9.17) is 0 Å². The second-order valence-corrected chi connectivity index (χ2v) is 33.5. The smallest absolute Gasteiger partial charge is 0.0129 e. The maximum absolute atomic E-state index is 2.40. The molecule has 7 aromatic carbocycles. The van der Waals surface area contributed by atoms with Gasteiger partial charge in [-0.15, -0.1) is 0 Å². The Labute approximate surface area is 559 Å². The van der Waals surface area contributed by atoms with Crippen LogP contribution in [0.2, 0.25) is 0 Å². The summed E-state index contributed by atoms with van der Waals surface area (Å²) < 4.78 is 0. The standard InChI is InChI=1S/C16H26.C15H24.2C13H20.3C11H16/c1-10(2)14-8-15(11(3)4)13(7)16(9-14)12(5)6;1-11-12(14(2,3)4)9-8-10-13(11)15(5,6)7;1-9(2)12-6-11(5)7-13(8-12)10(3)4;1-9(2)12-7-6-11(5)13(8-12)10(3)4;1-9-5-7-10(8-6-9)11(2,3)4;1-9-6-5-7-10(8-9)11(2,3)4;1-9-7-5-6-8-10(9)11(2,3)4/h8-12H,1-7H3;8-10H,1-7H3;2*6-10H,1-5H3;3*5-8H,1-4H3. The van der Waals surface area contributed by atoms with E-state index in [1.54, 1.807) is 0 Å². The van der Waals surface area contributed by atoms with Crippen molar-refractivity contribution in [3.8, 4) is 0 Å². The Morgan fingerprint density at radius 2 is 0.589 bits per heavy atom. The molecule has 0 N–H and O–H groups in total. The monoisotopic (exact) mass is 1220 g/mol. The van der Waals surface area contributed by atoms with Gasteiger partial charge in [-0.05, 0) is 206 Å². The molecule has 0 spiro atoms. The zero-order valence-corrected chi connectivity index (χ0v) is 65.3. The zero-order valence-electron chi connectivity index (χ0n) is 65.3. The van der Waals surface area contributed by atoms with Crippen molar-refractivity contribution < 1.29 is 0 Å².